The molecule has 0 heterocycles. The number of carbonyl (C=O) groups is 1. The van der Waals surface area contributed by atoms with E-state index in [0.29, 0.717) is 13.1 Å². The molecule has 0 radical (unpaired) electrons. The first-order valence-electron chi connectivity index (χ1n) is 4.26. The Labute approximate surface area is 78.7 Å². The topological polar surface area (TPSA) is 66.6 Å². The Morgan fingerprint density at radius 3 is 2.77 bits per heavy atom. The van der Waals surface area contributed by atoms with Crippen molar-refractivity contribution >= 4 is 5.91 Å². The number of terminal acetylenes is 1. The van der Waals surface area contributed by atoms with Crippen LogP contribution >= 0.6 is 0 Å². The van der Waals surface area contributed by atoms with E-state index in [9.17, 15) is 4.79 Å². The molecule has 0 aromatic carbocycles. The number of nitrogens with zero attached hydrogens (tertiary/aromatic N) is 1. The third-order valence-electron chi connectivity index (χ3n) is 1.72. The van der Waals surface area contributed by atoms with Gasteiger partial charge in [0.05, 0.1) is 12.6 Å². The van der Waals surface area contributed by atoms with E-state index in [0.717, 1.165) is 0 Å². The van der Waals surface area contributed by atoms with Crippen molar-refractivity contribution in [2.24, 2.45) is 5.73 Å². The number of nitrogens with two attached hydrogens (primary N) is 1. The second-order valence-corrected chi connectivity index (χ2v) is 2.66. The van der Waals surface area contributed by atoms with Crippen LogP contribution in [0.15, 0.2) is 0 Å². The zero-order chi connectivity index (χ0) is 10.3. The lowest BCUT2D eigenvalue weighted by Crippen LogP contribution is -2.44. The van der Waals surface area contributed by atoms with Crippen molar-refractivity contribution in [3.63, 3.8) is 0 Å². The van der Waals surface area contributed by atoms with Crippen molar-refractivity contribution in [1.29, 1.82) is 0 Å². The number of hydrogen-bond donors (Lipinski definition) is 2. The van der Waals surface area contributed by atoms with Crippen molar-refractivity contribution in [2.75, 3.05) is 19.7 Å². The Morgan fingerprint density at radius 2 is 2.38 bits per heavy atom. The number of carbonyl (C=O) groups excluding carboxylic acids is 1. The minimum Gasteiger partial charge on any atom is -0.395 e. The van der Waals surface area contributed by atoms with Crippen LogP contribution in [0.2, 0.25) is 0 Å². The largest absolute Gasteiger partial charge is 0.395 e. The van der Waals surface area contributed by atoms with Crippen molar-refractivity contribution in [3.05, 3.63) is 0 Å². The molecule has 0 bridgehead atoms. The van der Waals surface area contributed by atoms with Gasteiger partial charge in [0.25, 0.3) is 0 Å². The van der Waals surface area contributed by atoms with Gasteiger partial charge in [-0.3, -0.25) is 4.79 Å². The molecular formula is C9H16N2O2. The molecule has 0 aliphatic carbocycles. The van der Waals surface area contributed by atoms with Crippen molar-refractivity contribution < 1.29 is 9.90 Å². The molecule has 1 atom stereocenters. The van der Waals surface area contributed by atoms with E-state index in [1.165, 1.54) is 4.90 Å². The summed E-state index contributed by atoms with van der Waals surface area (Å²) in [5.41, 5.74) is 5.52. The molecule has 4 heteroatoms. The molecule has 13 heavy (non-hydrogen) atoms. The van der Waals surface area contributed by atoms with Gasteiger partial charge in [-0.05, 0) is 6.92 Å². The van der Waals surface area contributed by atoms with Gasteiger partial charge in [-0.25, -0.2) is 0 Å². The molecule has 1 amide bonds. The van der Waals surface area contributed by atoms with Gasteiger partial charge in [0.1, 0.15) is 0 Å². The van der Waals surface area contributed by atoms with E-state index in [4.69, 9.17) is 17.3 Å². The summed E-state index contributed by atoms with van der Waals surface area (Å²) in [5.74, 6) is 2.13. The standard InChI is InChI=1S/C9H16N2O2/c1-3-5-8(10)9(13)11(4-2)6-7-12/h1,8,12H,4-7,10H2,2H3. The van der Waals surface area contributed by atoms with Gasteiger partial charge < -0.3 is 15.7 Å². The lowest BCUT2D eigenvalue weighted by molar-refractivity contribution is -0.132. The van der Waals surface area contributed by atoms with E-state index in [1.54, 1.807) is 0 Å². The van der Waals surface area contributed by atoms with Crippen LogP contribution in [-0.4, -0.2) is 41.7 Å². The van der Waals surface area contributed by atoms with E-state index < -0.39 is 6.04 Å². The van der Waals surface area contributed by atoms with Crippen LogP contribution < -0.4 is 5.73 Å². The molecule has 74 valence electrons. The molecule has 4 nitrogen and oxygen atoms in total. The molecule has 0 rings (SSSR count). The summed E-state index contributed by atoms with van der Waals surface area (Å²) in [5, 5.41) is 8.65. The van der Waals surface area contributed by atoms with Crippen LogP contribution in [0.3, 0.4) is 0 Å². The van der Waals surface area contributed by atoms with Gasteiger partial charge in [-0.2, -0.15) is 0 Å². The maximum Gasteiger partial charge on any atom is 0.240 e. The molecule has 3 N–H and O–H groups in total. The van der Waals surface area contributed by atoms with Crippen LogP contribution in [0.4, 0.5) is 0 Å². The first kappa shape index (κ1) is 11.9. The van der Waals surface area contributed by atoms with Crippen molar-refractivity contribution in [3.8, 4) is 12.3 Å². The van der Waals surface area contributed by atoms with Gasteiger partial charge in [0.15, 0.2) is 0 Å². The van der Waals surface area contributed by atoms with Crippen LogP contribution in [0.5, 0.6) is 0 Å². The summed E-state index contributed by atoms with van der Waals surface area (Å²) in [7, 11) is 0. The van der Waals surface area contributed by atoms with Gasteiger partial charge in [0.2, 0.25) is 5.91 Å². The normalized spacial score (nSPS) is 11.8. The highest BCUT2D eigenvalue weighted by Crippen LogP contribution is 1.95. The number of aliphatic hydroxyl groups excluding tert-OH is 1. The maximum absolute atomic E-state index is 11.4. The zero-order valence-electron chi connectivity index (χ0n) is 7.86. The lowest BCUT2D eigenvalue weighted by Gasteiger charge is -2.22. The van der Waals surface area contributed by atoms with E-state index in [-0.39, 0.29) is 18.9 Å². The first-order chi connectivity index (χ1) is 6.17. The zero-order valence-corrected chi connectivity index (χ0v) is 7.86. The Hall–Kier alpha value is -1.05. The van der Waals surface area contributed by atoms with Crippen LogP contribution in [0, 0.1) is 12.3 Å². The molecule has 0 saturated heterocycles. The number of hydrogen-bond acceptors (Lipinski definition) is 3. The molecule has 1 unspecified atom stereocenters. The summed E-state index contributed by atoms with van der Waals surface area (Å²) in [4.78, 5) is 12.9. The van der Waals surface area contributed by atoms with Crippen molar-refractivity contribution in [1.82, 2.24) is 4.90 Å². The fourth-order valence-corrected chi connectivity index (χ4v) is 0.994. The van der Waals surface area contributed by atoms with Crippen LogP contribution in [0.1, 0.15) is 13.3 Å². The average Bonchev–Trinajstić information content (AvgIpc) is 2.13. The molecule has 0 aromatic heterocycles. The Balaban J connectivity index is 4.12. The SMILES string of the molecule is C#CCC(N)C(=O)N(CC)CCO. The summed E-state index contributed by atoms with van der Waals surface area (Å²) >= 11 is 0. The molecule has 0 saturated carbocycles. The van der Waals surface area contributed by atoms with Crippen LogP contribution in [0.25, 0.3) is 0 Å². The monoisotopic (exact) mass is 184 g/mol. The smallest absolute Gasteiger partial charge is 0.240 e. The third kappa shape index (κ3) is 3.92. The number of likely N-dealkylation sites (N-methyl/N-ethyl adjacent to an activating group) is 1. The summed E-state index contributed by atoms with van der Waals surface area (Å²) in [6.45, 7) is 2.63. The fraction of sp³-hybridized carbons (Fsp3) is 0.667. The minimum absolute atomic E-state index is 0.0532. The predicted octanol–water partition coefficient (Wildman–Crippen LogP) is -0.822. The van der Waals surface area contributed by atoms with Gasteiger partial charge in [-0.15, -0.1) is 12.3 Å². The second-order valence-electron chi connectivity index (χ2n) is 2.66. The Kier molecular flexibility index (Phi) is 5.94. The highest BCUT2D eigenvalue weighted by atomic mass is 16.3. The minimum atomic E-state index is -0.642. The number of amides is 1. The fourth-order valence-electron chi connectivity index (χ4n) is 0.994. The van der Waals surface area contributed by atoms with E-state index >= 15 is 0 Å². The third-order valence-corrected chi connectivity index (χ3v) is 1.72. The molecule has 0 aromatic rings. The molecule has 0 spiro atoms. The lowest BCUT2D eigenvalue weighted by atomic mass is 10.2. The summed E-state index contributed by atoms with van der Waals surface area (Å²) in [6, 6.07) is -0.642. The highest BCUT2D eigenvalue weighted by Gasteiger charge is 2.17. The van der Waals surface area contributed by atoms with Gasteiger partial charge in [-0.1, -0.05) is 0 Å². The molecular weight excluding hydrogens is 168 g/mol. The quantitative estimate of drug-likeness (QED) is 0.548. The summed E-state index contributed by atoms with van der Waals surface area (Å²) in [6.07, 6.45) is 5.27. The number of rotatable bonds is 5. The Morgan fingerprint density at radius 1 is 1.77 bits per heavy atom. The number of aliphatic hydroxyl groups is 1. The van der Waals surface area contributed by atoms with E-state index in [2.05, 4.69) is 5.92 Å². The summed E-state index contributed by atoms with van der Waals surface area (Å²) < 4.78 is 0. The first-order valence-corrected chi connectivity index (χ1v) is 4.26. The average molecular weight is 184 g/mol. The molecule has 0 fully saturated rings. The van der Waals surface area contributed by atoms with E-state index in [1.807, 2.05) is 6.92 Å². The molecule has 0 aliphatic rings. The van der Waals surface area contributed by atoms with Crippen LogP contribution in [-0.2, 0) is 4.79 Å². The van der Waals surface area contributed by atoms with Crippen molar-refractivity contribution in [2.45, 2.75) is 19.4 Å². The molecule has 0 aliphatic heterocycles. The van der Waals surface area contributed by atoms with Gasteiger partial charge >= 0.3 is 0 Å². The maximum atomic E-state index is 11.4. The predicted molar refractivity (Wildman–Crippen MR) is 50.8 cm³/mol. The second kappa shape index (κ2) is 6.46. The van der Waals surface area contributed by atoms with Gasteiger partial charge in [0, 0.05) is 19.5 Å². The Bertz CT molecular complexity index is 198. The highest BCUT2D eigenvalue weighted by molar-refractivity contribution is 5.81.